The van der Waals surface area contributed by atoms with Crippen molar-refractivity contribution >= 4 is 29.9 Å². The van der Waals surface area contributed by atoms with E-state index in [2.05, 4.69) is 21.4 Å². The number of nitriles is 1. The maximum atomic E-state index is 12.9. The maximum Gasteiger partial charge on any atom is 0.328 e. The third kappa shape index (κ3) is 6.00. The third-order valence-corrected chi connectivity index (χ3v) is 6.49. The lowest BCUT2D eigenvalue weighted by Crippen LogP contribution is -2.48. The van der Waals surface area contributed by atoms with Crippen molar-refractivity contribution in [3.63, 3.8) is 0 Å². The molecule has 3 amide bonds. The van der Waals surface area contributed by atoms with Crippen LogP contribution in [-0.4, -0.2) is 71.7 Å². The lowest BCUT2D eigenvalue weighted by Gasteiger charge is -2.32. The summed E-state index contributed by atoms with van der Waals surface area (Å²) in [6, 6.07) is 6.81. The van der Waals surface area contributed by atoms with Crippen LogP contribution in [0.25, 0.3) is 0 Å². The molecule has 35 heavy (non-hydrogen) atoms. The van der Waals surface area contributed by atoms with Gasteiger partial charge in [0.15, 0.2) is 6.29 Å². The number of aldehydes is 1. The lowest BCUT2D eigenvalue weighted by molar-refractivity contribution is -0.136. The Morgan fingerprint density at radius 1 is 1.31 bits per heavy atom. The fourth-order valence-corrected chi connectivity index (χ4v) is 4.05. The van der Waals surface area contributed by atoms with Crippen molar-refractivity contribution in [1.29, 1.82) is 5.26 Å². The van der Waals surface area contributed by atoms with E-state index in [0.29, 0.717) is 48.7 Å². The monoisotopic (exact) mass is 475 g/mol. The number of nitrogens with zero attached hydrogens (tertiary/aromatic N) is 6. The van der Waals surface area contributed by atoms with Crippen LogP contribution < -0.4 is 10.2 Å². The van der Waals surface area contributed by atoms with E-state index in [4.69, 9.17) is 0 Å². The predicted molar refractivity (Wildman–Crippen MR) is 130 cm³/mol. The van der Waals surface area contributed by atoms with E-state index in [1.54, 1.807) is 30.1 Å². The van der Waals surface area contributed by atoms with Gasteiger partial charge in [0.1, 0.15) is 23.4 Å². The van der Waals surface area contributed by atoms with Crippen molar-refractivity contribution in [1.82, 2.24) is 19.8 Å². The quantitative estimate of drug-likeness (QED) is 0.582. The number of amides is 3. The van der Waals surface area contributed by atoms with Gasteiger partial charge in [0, 0.05) is 38.4 Å². The van der Waals surface area contributed by atoms with Crippen LogP contribution in [-0.2, 0) is 17.8 Å². The number of hydrogen-bond acceptors (Lipinski definition) is 7. The summed E-state index contributed by atoms with van der Waals surface area (Å²) in [5.41, 5.74) is 2.21. The van der Waals surface area contributed by atoms with Crippen LogP contribution in [0.1, 0.15) is 46.4 Å². The second kappa shape index (κ2) is 10.6. The van der Waals surface area contributed by atoms with Gasteiger partial charge >= 0.3 is 6.03 Å². The van der Waals surface area contributed by atoms with Gasteiger partial charge in [-0.2, -0.15) is 5.26 Å². The number of hydrogen-bond donors (Lipinski definition) is 1. The Morgan fingerprint density at radius 3 is 2.80 bits per heavy atom. The van der Waals surface area contributed by atoms with Crippen molar-refractivity contribution in [2.45, 2.75) is 32.2 Å². The molecule has 0 bridgehead atoms. The van der Waals surface area contributed by atoms with Gasteiger partial charge in [0.2, 0.25) is 5.91 Å². The minimum Gasteiger partial charge on any atom is -0.336 e. The highest BCUT2D eigenvalue weighted by atomic mass is 16.2. The first kappa shape index (κ1) is 24.3. The second-order valence-corrected chi connectivity index (χ2v) is 9.19. The van der Waals surface area contributed by atoms with Gasteiger partial charge in [-0.1, -0.05) is 18.9 Å². The molecule has 3 heterocycles. The van der Waals surface area contributed by atoms with Crippen molar-refractivity contribution in [3.05, 3.63) is 46.8 Å². The van der Waals surface area contributed by atoms with E-state index in [0.717, 1.165) is 30.9 Å². The molecule has 0 atom stereocenters. The van der Waals surface area contributed by atoms with Gasteiger partial charge in [-0.25, -0.2) is 14.8 Å². The van der Waals surface area contributed by atoms with Crippen molar-refractivity contribution in [2.24, 2.45) is 5.92 Å². The van der Waals surface area contributed by atoms with Crippen LogP contribution in [0.5, 0.6) is 0 Å². The van der Waals surface area contributed by atoms with E-state index in [9.17, 15) is 19.6 Å². The predicted octanol–water partition coefficient (Wildman–Crippen LogP) is 2.45. The van der Waals surface area contributed by atoms with Crippen LogP contribution in [0.4, 0.5) is 16.4 Å². The zero-order chi connectivity index (χ0) is 24.9. The number of aromatic nitrogens is 2. The highest BCUT2D eigenvalue weighted by Gasteiger charge is 2.24. The zero-order valence-corrected chi connectivity index (χ0v) is 20.0. The van der Waals surface area contributed by atoms with Gasteiger partial charge in [0.05, 0.1) is 12.1 Å². The minimum atomic E-state index is -0.471. The molecule has 1 saturated heterocycles. The topological polar surface area (TPSA) is 123 Å². The number of carbonyl (C=O) groups is 3. The molecule has 2 aromatic heterocycles. The molecule has 2 aromatic rings. The fraction of sp³-hybridized carbons (Fsp3) is 0.440. The normalized spacial score (nSPS) is 16.0. The fourth-order valence-electron chi connectivity index (χ4n) is 4.05. The first-order chi connectivity index (χ1) is 16.9. The summed E-state index contributed by atoms with van der Waals surface area (Å²) in [6.07, 6.45) is 6.39. The Morgan fingerprint density at radius 2 is 2.11 bits per heavy atom. The summed E-state index contributed by atoms with van der Waals surface area (Å²) < 4.78 is 0. The van der Waals surface area contributed by atoms with E-state index in [-0.39, 0.29) is 11.6 Å². The Hall–Kier alpha value is -3.84. The van der Waals surface area contributed by atoms with E-state index < -0.39 is 6.03 Å². The van der Waals surface area contributed by atoms with Gasteiger partial charge in [-0.15, -0.1) is 0 Å². The van der Waals surface area contributed by atoms with Gasteiger partial charge in [0.25, 0.3) is 0 Å². The molecule has 10 heteroatoms. The largest absolute Gasteiger partial charge is 0.336 e. The molecule has 1 aliphatic heterocycles. The molecule has 4 rings (SSSR count). The number of urea groups is 1. The second-order valence-electron chi connectivity index (χ2n) is 9.19. The molecule has 0 radical (unpaired) electrons. The lowest BCUT2D eigenvalue weighted by atomic mass is 10.0. The summed E-state index contributed by atoms with van der Waals surface area (Å²) in [7, 11) is 3.44. The summed E-state index contributed by atoms with van der Waals surface area (Å²) in [5.74, 6) is 1.38. The molecule has 1 saturated carbocycles. The molecule has 2 aliphatic rings. The third-order valence-electron chi connectivity index (χ3n) is 6.49. The van der Waals surface area contributed by atoms with Crippen LogP contribution in [0.15, 0.2) is 24.4 Å². The molecule has 10 nitrogen and oxygen atoms in total. The number of carbonyl (C=O) groups excluding carboxylic acids is 3. The average molecular weight is 476 g/mol. The molecular weight excluding hydrogens is 446 g/mol. The zero-order valence-electron chi connectivity index (χ0n) is 20.0. The molecule has 182 valence electrons. The van der Waals surface area contributed by atoms with Crippen molar-refractivity contribution in [2.75, 3.05) is 43.9 Å². The molecule has 0 spiro atoms. The molecule has 1 N–H and O–H groups in total. The SMILES string of the molecule is CN1CCN(Cc2ccc(N(C)C(=O)Nc3cc(CCC4CC4)c(C#N)cn3)nc2C=O)C(=O)C1. The number of rotatable bonds is 8. The summed E-state index contributed by atoms with van der Waals surface area (Å²) in [6.45, 7) is 1.99. The van der Waals surface area contributed by atoms with Crippen molar-refractivity contribution < 1.29 is 14.4 Å². The Labute approximate surface area is 204 Å². The smallest absolute Gasteiger partial charge is 0.328 e. The standard InChI is InChI=1S/C25H29N7O3/c1-30-9-10-32(24(34)15-30)14-19-7-8-23(28-21(19)16-33)31(2)25(35)29-22-11-18(6-5-17-3-4-17)20(12-26)13-27-22/h7-8,11,13,16-17H,3-6,9-10,14-15H2,1-2H3,(H,27,29,35). The van der Waals surface area contributed by atoms with Crippen LogP contribution in [0.3, 0.4) is 0 Å². The Balaban J connectivity index is 1.44. The van der Waals surface area contributed by atoms with Crippen molar-refractivity contribution in [3.8, 4) is 6.07 Å². The van der Waals surface area contributed by atoms with Gasteiger partial charge in [-0.3, -0.25) is 24.7 Å². The van der Waals surface area contributed by atoms with E-state index in [1.807, 2.05) is 11.9 Å². The Kier molecular flexibility index (Phi) is 7.36. The average Bonchev–Trinajstić information content (AvgIpc) is 3.69. The molecule has 2 fully saturated rings. The number of pyridine rings is 2. The summed E-state index contributed by atoms with van der Waals surface area (Å²) in [4.78, 5) is 50.3. The van der Waals surface area contributed by atoms with Crippen LogP contribution >= 0.6 is 0 Å². The number of aryl methyl sites for hydroxylation is 1. The number of likely N-dealkylation sites (N-methyl/N-ethyl adjacent to an activating group) is 1. The first-order valence-electron chi connectivity index (χ1n) is 11.7. The molecule has 1 aliphatic carbocycles. The number of nitrogens with one attached hydrogen (secondary N) is 1. The number of piperazine rings is 1. The molecular formula is C25H29N7O3. The number of anilines is 2. The van der Waals surface area contributed by atoms with Gasteiger partial charge in [-0.05, 0) is 43.5 Å². The van der Waals surface area contributed by atoms with E-state index in [1.165, 1.54) is 23.9 Å². The molecule has 0 unspecified atom stereocenters. The van der Waals surface area contributed by atoms with Gasteiger partial charge < -0.3 is 4.90 Å². The Bertz CT molecular complexity index is 1170. The minimum absolute atomic E-state index is 0.00240. The van der Waals surface area contributed by atoms with Crippen LogP contribution in [0, 0.1) is 17.2 Å². The van der Waals surface area contributed by atoms with Crippen LogP contribution in [0.2, 0.25) is 0 Å². The first-order valence-corrected chi connectivity index (χ1v) is 11.7. The summed E-state index contributed by atoms with van der Waals surface area (Å²) in [5, 5.41) is 12.1. The van der Waals surface area contributed by atoms with E-state index >= 15 is 0 Å². The maximum absolute atomic E-state index is 12.9. The highest BCUT2D eigenvalue weighted by molar-refractivity contribution is 6.00. The highest BCUT2D eigenvalue weighted by Crippen LogP contribution is 2.34. The molecule has 0 aromatic carbocycles. The summed E-state index contributed by atoms with van der Waals surface area (Å²) >= 11 is 0.